The molecule has 0 spiro atoms. The first kappa shape index (κ1) is 14.8. The molecule has 1 N–H and O–H groups in total. The molecular weight excluding hydrogens is 260 g/mol. The highest BCUT2D eigenvalue weighted by Crippen LogP contribution is 2.50. The molecule has 106 valence electrons. The average Bonchev–Trinajstić information content (AvgIpc) is 2.48. The van der Waals surface area contributed by atoms with E-state index < -0.39 is 5.60 Å². The Bertz CT molecular complexity index is 460. The highest BCUT2D eigenvalue weighted by Gasteiger charge is 2.53. The lowest BCUT2D eigenvalue weighted by Crippen LogP contribution is -2.42. The van der Waals surface area contributed by atoms with Crippen LogP contribution >= 0.6 is 11.6 Å². The second-order valence-electron chi connectivity index (χ2n) is 6.88. The van der Waals surface area contributed by atoms with Gasteiger partial charge in [-0.3, -0.25) is 0 Å². The summed E-state index contributed by atoms with van der Waals surface area (Å²) < 4.78 is 6.09. The van der Waals surface area contributed by atoms with E-state index in [1.807, 2.05) is 31.2 Å². The Hall–Kier alpha value is -0.570. The molecule has 1 heterocycles. The fourth-order valence-corrected chi connectivity index (χ4v) is 3.55. The highest BCUT2D eigenvalue weighted by molar-refractivity contribution is 6.30. The molecule has 0 saturated carbocycles. The van der Waals surface area contributed by atoms with Gasteiger partial charge < -0.3 is 9.84 Å². The van der Waals surface area contributed by atoms with Gasteiger partial charge in [0.25, 0.3) is 0 Å². The summed E-state index contributed by atoms with van der Waals surface area (Å²) in [7, 11) is 0. The number of hydrogen-bond donors (Lipinski definition) is 1. The van der Waals surface area contributed by atoms with E-state index in [1.165, 1.54) is 0 Å². The van der Waals surface area contributed by atoms with E-state index in [0.717, 1.165) is 12.0 Å². The zero-order valence-corrected chi connectivity index (χ0v) is 13.1. The lowest BCUT2D eigenvalue weighted by molar-refractivity contribution is -0.110. The van der Waals surface area contributed by atoms with Crippen LogP contribution in [0.3, 0.4) is 0 Å². The lowest BCUT2D eigenvalue weighted by atomic mass is 9.72. The molecule has 1 saturated heterocycles. The molecule has 1 aromatic rings. The van der Waals surface area contributed by atoms with Crippen LogP contribution in [-0.2, 0) is 10.3 Å². The topological polar surface area (TPSA) is 29.5 Å². The van der Waals surface area contributed by atoms with Crippen LogP contribution in [0.1, 0.15) is 46.6 Å². The minimum Gasteiger partial charge on any atom is -0.385 e. The molecule has 0 bridgehead atoms. The number of rotatable bonds is 2. The summed E-state index contributed by atoms with van der Waals surface area (Å²) in [6.07, 6.45) is 0.829. The fourth-order valence-electron chi connectivity index (χ4n) is 3.43. The fraction of sp³-hybridized carbons (Fsp3) is 0.625. The SMILES string of the molecule is CC1(C)CC(C(C)(O)c2ccc(Cl)cc2)C(C)(C)O1. The average molecular weight is 283 g/mol. The van der Waals surface area contributed by atoms with Crippen LogP contribution in [0.2, 0.25) is 5.02 Å². The summed E-state index contributed by atoms with van der Waals surface area (Å²) in [6.45, 7) is 10.1. The Morgan fingerprint density at radius 2 is 1.74 bits per heavy atom. The number of ether oxygens (including phenoxy) is 1. The Kier molecular flexibility index (Phi) is 3.49. The van der Waals surface area contributed by atoms with Gasteiger partial charge in [-0.05, 0) is 58.7 Å². The Morgan fingerprint density at radius 1 is 1.21 bits per heavy atom. The van der Waals surface area contributed by atoms with Gasteiger partial charge in [-0.2, -0.15) is 0 Å². The van der Waals surface area contributed by atoms with E-state index >= 15 is 0 Å². The number of hydrogen-bond acceptors (Lipinski definition) is 2. The molecule has 2 nitrogen and oxygen atoms in total. The summed E-state index contributed by atoms with van der Waals surface area (Å²) in [4.78, 5) is 0. The van der Waals surface area contributed by atoms with E-state index in [1.54, 1.807) is 0 Å². The van der Waals surface area contributed by atoms with Crippen molar-refractivity contribution in [2.45, 2.75) is 57.8 Å². The molecule has 1 aliphatic heterocycles. The van der Waals surface area contributed by atoms with E-state index in [2.05, 4.69) is 27.7 Å². The third-order valence-electron chi connectivity index (χ3n) is 4.18. The minimum absolute atomic E-state index is 0.0381. The molecule has 1 fully saturated rings. The summed E-state index contributed by atoms with van der Waals surface area (Å²) in [5.41, 5.74) is -0.602. The van der Waals surface area contributed by atoms with Gasteiger partial charge in [0.05, 0.1) is 16.8 Å². The van der Waals surface area contributed by atoms with Gasteiger partial charge in [-0.25, -0.2) is 0 Å². The van der Waals surface area contributed by atoms with Crippen molar-refractivity contribution < 1.29 is 9.84 Å². The standard InChI is InChI=1S/C16H23ClO2/c1-14(2)10-13(15(3,4)19-14)16(5,18)11-6-8-12(17)9-7-11/h6-9,13,18H,10H2,1-5H3. The number of benzene rings is 1. The summed E-state index contributed by atoms with van der Waals surface area (Å²) in [5.74, 6) is 0.0381. The van der Waals surface area contributed by atoms with Crippen molar-refractivity contribution in [3.63, 3.8) is 0 Å². The van der Waals surface area contributed by atoms with Crippen LogP contribution in [0.25, 0.3) is 0 Å². The van der Waals surface area contributed by atoms with E-state index in [0.29, 0.717) is 5.02 Å². The number of halogens is 1. The van der Waals surface area contributed by atoms with Crippen molar-refractivity contribution >= 4 is 11.6 Å². The molecular formula is C16H23ClO2. The van der Waals surface area contributed by atoms with Crippen molar-refractivity contribution in [3.05, 3.63) is 34.9 Å². The maximum absolute atomic E-state index is 11.0. The van der Waals surface area contributed by atoms with Crippen LogP contribution in [0, 0.1) is 5.92 Å². The first-order chi connectivity index (χ1) is 8.55. The van der Waals surface area contributed by atoms with Gasteiger partial charge in [0.2, 0.25) is 0 Å². The predicted molar refractivity (Wildman–Crippen MR) is 78.4 cm³/mol. The lowest BCUT2D eigenvalue weighted by Gasteiger charge is -2.38. The maximum atomic E-state index is 11.0. The number of aliphatic hydroxyl groups is 1. The van der Waals surface area contributed by atoms with Crippen molar-refractivity contribution in [2.75, 3.05) is 0 Å². The van der Waals surface area contributed by atoms with Crippen molar-refractivity contribution in [1.82, 2.24) is 0 Å². The normalized spacial score (nSPS) is 28.1. The summed E-state index contributed by atoms with van der Waals surface area (Å²) >= 11 is 5.92. The molecule has 19 heavy (non-hydrogen) atoms. The van der Waals surface area contributed by atoms with Gasteiger partial charge in [-0.1, -0.05) is 23.7 Å². The molecule has 0 aliphatic carbocycles. The van der Waals surface area contributed by atoms with Crippen molar-refractivity contribution in [1.29, 1.82) is 0 Å². The monoisotopic (exact) mass is 282 g/mol. The molecule has 0 aromatic heterocycles. The van der Waals surface area contributed by atoms with Crippen LogP contribution in [0.5, 0.6) is 0 Å². The second kappa shape index (κ2) is 4.47. The van der Waals surface area contributed by atoms with Gasteiger partial charge in [0.15, 0.2) is 0 Å². The molecule has 2 atom stereocenters. The first-order valence-corrected chi connectivity index (χ1v) is 7.11. The quantitative estimate of drug-likeness (QED) is 0.883. The van der Waals surface area contributed by atoms with Crippen molar-refractivity contribution in [3.8, 4) is 0 Å². The van der Waals surface area contributed by atoms with E-state index in [9.17, 15) is 5.11 Å². The molecule has 2 rings (SSSR count). The van der Waals surface area contributed by atoms with Crippen molar-refractivity contribution in [2.24, 2.45) is 5.92 Å². The molecule has 0 radical (unpaired) electrons. The van der Waals surface area contributed by atoms with E-state index in [-0.39, 0.29) is 17.1 Å². The smallest absolute Gasteiger partial charge is 0.0924 e. The maximum Gasteiger partial charge on any atom is 0.0924 e. The van der Waals surface area contributed by atoms with Crippen LogP contribution in [-0.4, -0.2) is 16.3 Å². The first-order valence-electron chi connectivity index (χ1n) is 6.73. The zero-order valence-electron chi connectivity index (χ0n) is 12.3. The third-order valence-corrected chi connectivity index (χ3v) is 4.43. The highest BCUT2D eigenvalue weighted by atomic mass is 35.5. The van der Waals surface area contributed by atoms with Crippen LogP contribution in [0.4, 0.5) is 0 Å². The Labute approximate surface area is 120 Å². The second-order valence-corrected chi connectivity index (χ2v) is 7.31. The summed E-state index contributed by atoms with van der Waals surface area (Å²) in [6, 6.07) is 7.42. The molecule has 1 aromatic carbocycles. The predicted octanol–water partition coefficient (Wildman–Crippen LogP) is 4.14. The zero-order chi connectivity index (χ0) is 14.5. The molecule has 1 aliphatic rings. The Balaban J connectivity index is 2.36. The minimum atomic E-state index is -0.929. The van der Waals surface area contributed by atoms with Crippen LogP contribution in [0.15, 0.2) is 24.3 Å². The van der Waals surface area contributed by atoms with E-state index in [4.69, 9.17) is 16.3 Å². The molecule has 3 heteroatoms. The summed E-state index contributed by atoms with van der Waals surface area (Å²) in [5, 5.41) is 11.7. The molecule has 0 amide bonds. The van der Waals surface area contributed by atoms with Gasteiger partial charge >= 0.3 is 0 Å². The van der Waals surface area contributed by atoms with Gasteiger partial charge in [0.1, 0.15) is 0 Å². The largest absolute Gasteiger partial charge is 0.385 e. The Morgan fingerprint density at radius 3 is 2.16 bits per heavy atom. The van der Waals surface area contributed by atoms with Gasteiger partial charge in [0, 0.05) is 10.9 Å². The molecule has 2 unspecified atom stereocenters. The van der Waals surface area contributed by atoms with Gasteiger partial charge in [-0.15, -0.1) is 0 Å². The van der Waals surface area contributed by atoms with Crippen LogP contribution < -0.4 is 0 Å². The third kappa shape index (κ3) is 2.81.